The van der Waals surface area contributed by atoms with Gasteiger partial charge < -0.3 is 15.4 Å². The number of nitrogens with zero attached hydrogens (tertiary/aromatic N) is 1. The van der Waals surface area contributed by atoms with Gasteiger partial charge in [0, 0.05) is 24.4 Å². The minimum absolute atomic E-state index is 0.171. The number of nitrogens with one attached hydrogen (secondary N) is 2. The van der Waals surface area contributed by atoms with Gasteiger partial charge in [0.2, 0.25) is 5.91 Å². The van der Waals surface area contributed by atoms with Gasteiger partial charge in [-0.05, 0) is 48.9 Å². The third-order valence-electron chi connectivity index (χ3n) is 5.01. The standard InChI is InChI=1S/C26H23N3O4/c1-3-33-22-11-7-8-20(16-22)28-24-23(18-12-14-19(15-13-18)27-17(2)30)25(31)29(26(24)32)21-9-5-4-6-10-21/h4-16,28H,3H2,1-2H3,(H,27,30). The quantitative estimate of drug-likeness (QED) is 0.529. The van der Waals surface area contributed by atoms with Crippen molar-refractivity contribution in [3.05, 3.63) is 90.1 Å². The van der Waals surface area contributed by atoms with Crippen LogP contribution in [0.25, 0.3) is 5.57 Å². The van der Waals surface area contributed by atoms with E-state index in [1.54, 1.807) is 60.7 Å². The minimum atomic E-state index is -0.450. The Bertz CT molecular complexity index is 1230. The maximum atomic E-state index is 13.5. The van der Waals surface area contributed by atoms with E-state index in [9.17, 15) is 14.4 Å². The van der Waals surface area contributed by atoms with E-state index >= 15 is 0 Å². The van der Waals surface area contributed by atoms with Crippen molar-refractivity contribution in [2.24, 2.45) is 0 Å². The highest BCUT2D eigenvalue weighted by atomic mass is 16.5. The van der Waals surface area contributed by atoms with Gasteiger partial charge in [-0.15, -0.1) is 0 Å². The van der Waals surface area contributed by atoms with Crippen molar-refractivity contribution in [3.63, 3.8) is 0 Å². The van der Waals surface area contributed by atoms with Crippen LogP contribution in [0.2, 0.25) is 0 Å². The average molecular weight is 441 g/mol. The molecule has 0 fully saturated rings. The smallest absolute Gasteiger partial charge is 0.282 e. The van der Waals surface area contributed by atoms with Crippen LogP contribution in [0.5, 0.6) is 5.75 Å². The van der Waals surface area contributed by atoms with E-state index < -0.39 is 11.8 Å². The van der Waals surface area contributed by atoms with Crippen molar-refractivity contribution >= 4 is 40.4 Å². The molecule has 33 heavy (non-hydrogen) atoms. The molecule has 0 spiro atoms. The fourth-order valence-corrected chi connectivity index (χ4v) is 3.62. The SMILES string of the molecule is CCOc1cccc(NC2=C(c3ccc(NC(C)=O)cc3)C(=O)N(c3ccccc3)C2=O)c1. The predicted octanol–water partition coefficient (Wildman–Crippen LogP) is 4.44. The number of ether oxygens (including phenoxy) is 1. The molecule has 3 aromatic rings. The lowest BCUT2D eigenvalue weighted by atomic mass is 10.0. The second-order valence-electron chi connectivity index (χ2n) is 7.38. The van der Waals surface area contributed by atoms with E-state index in [0.717, 1.165) is 4.90 Å². The molecule has 0 aromatic heterocycles. The molecule has 3 amide bonds. The summed E-state index contributed by atoms with van der Waals surface area (Å²) in [4.78, 5) is 39.4. The summed E-state index contributed by atoms with van der Waals surface area (Å²) in [6.07, 6.45) is 0. The maximum Gasteiger partial charge on any atom is 0.282 e. The number of hydrogen-bond donors (Lipinski definition) is 2. The van der Waals surface area contributed by atoms with Crippen LogP contribution in [0.4, 0.5) is 17.1 Å². The molecule has 0 aliphatic carbocycles. The van der Waals surface area contributed by atoms with Gasteiger partial charge in [0.05, 0.1) is 17.9 Å². The van der Waals surface area contributed by atoms with Gasteiger partial charge in [-0.25, -0.2) is 4.90 Å². The number of hydrogen-bond acceptors (Lipinski definition) is 5. The third kappa shape index (κ3) is 4.62. The van der Waals surface area contributed by atoms with E-state index in [1.165, 1.54) is 6.92 Å². The van der Waals surface area contributed by atoms with Crippen LogP contribution in [0.15, 0.2) is 84.6 Å². The molecular formula is C26H23N3O4. The van der Waals surface area contributed by atoms with E-state index in [4.69, 9.17) is 4.74 Å². The second kappa shape index (κ2) is 9.40. The minimum Gasteiger partial charge on any atom is -0.494 e. The van der Waals surface area contributed by atoms with E-state index in [0.29, 0.717) is 35.0 Å². The van der Waals surface area contributed by atoms with Crippen molar-refractivity contribution in [1.29, 1.82) is 0 Å². The molecule has 0 radical (unpaired) electrons. The highest BCUT2D eigenvalue weighted by molar-refractivity contribution is 6.46. The van der Waals surface area contributed by atoms with Crippen LogP contribution in [-0.2, 0) is 14.4 Å². The molecule has 1 aliphatic heterocycles. The molecular weight excluding hydrogens is 418 g/mol. The van der Waals surface area contributed by atoms with Crippen LogP contribution in [0, 0.1) is 0 Å². The van der Waals surface area contributed by atoms with Gasteiger partial charge in [-0.2, -0.15) is 0 Å². The lowest BCUT2D eigenvalue weighted by molar-refractivity contribution is -0.120. The Balaban J connectivity index is 1.76. The topological polar surface area (TPSA) is 87.7 Å². The first-order valence-corrected chi connectivity index (χ1v) is 10.5. The molecule has 0 atom stereocenters. The fourth-order valence-electron chi connectivity index (χ4n) is 3.62. The lowest BCUT2D eigenvalue weighted by Crippen LogP contribution is -2.32. The Kier molecular flexibility index (Phi) is 6.22. The summed E-state index contributed by atoms with van der Waals surface area (Å²) in [7, 11) is 0. The molecule has 4 rings (SSSR count). The normalized spacial score (nSPS) is 13.3. The largest absolute Gasteiger partial charge is 0.494 e. The van der Waals surface area contributed by atoms with Gasteiger partial charge in [-0.1, -0.05) is 36.4 Å². The summed E-state index contributed by atoms with van der Waals surface area (Å²) in [5, 5.41) is 5.83. The van der Waals surface area contributed by atoms with E-state index in [2.05, 4.69) is 10.6 Å². The highest BCUT2D eigenvalue weighted by Crippen LogP contribution is 2.34. The second-order valence-corrected chi connectivity index (χ2v) is 7.38. The first-order chi connectivity index (χ1) is 16.0. The van der Waals surface area contributed by atoms with Gasteiger partial charge in [-0.3, -0.25) is 14.4 Å². The molecule has 1 heterocycles. The Morgan fingerprint density at radius 1 is 0.879 bits per heavy atom. The molecule has 2 N–H and O–H groups in total. The van der Waals surface area contributed by atoms with Crippen molar-refractivity contribution in [2.45, 2.75) is 13.8 Å². The summed E-state index contributed by atoms with van der Waals surface area (Å²) in [6, 6.07) is 22.8. The zero-order valence-electron chi connectivity index (χ0n) is 18.3. The molecule has 0 bridgehead atoms. The van der Waals surface area contributed by atoms with Crippen molar-refractivity contribution < 1.29 is 19.1 Å². The number of carbonyl (C=O) groups is 3. The van der Waals surface area contributed by atoms with E-state index in [1.807, 2.05) is 25.1 Å². The van der Waals surface area contributed by atoms with Gasteiger partial charge in [0.1, 0.15) is 11.4 Å². The molecule has 0 saturated carbocycles. The van der Waals surface area contributed by atoms with Crippen molar-refractivity contribution in [1.82, 2.24) is 0 Å². The Morgan fingerprint density at radius 3 is 2.27 bits per heavy atom. The van der Waals surface area contributed by atoms with E-state index in [-0.39, 0.29) is 17.2 Å². The zero-order valence-corrected chi connectivity index (χ0v) is 18.3. The van der Waals surface area contributed by atoms with Gasteiger partial charge >= 0.3 is 0 Å². The summed E-state index contributed by atoms with van der Waals surface area (Å²) in [5.74, 6) is -0.419. The summed E-state index contributed by atoms with van der Waals surface area (Å²) in [6.45, 7) is 3.82. The number of imide groups is 1. The third-order valence-corrected chi connectivity index (χ3v) is 5.01. The molecule has 0 saturated heterocycles. The number of rotatable bonds is 7. The lowest BCUT2D eigenvalue weighted by Gasteiger charge is -2.15. The monoisotopic (exact) mass is 441 g/mol. The summed E-state index contributed by atoms with van der Waals surface area (Å²) in [5.41, 5.74) is 2.69. The number of amides is 3. The summed E-state index contributed by atoms with van der Waals surface area (Å²) < 4.78 is 5.55. The first kappa shape index (κ1) is 21.8. The Hall–Kier alpha value is -4.39. The number of benzene rings is 3. The van der Waals surface area contributed by atoms with Gasteiger partial charge in [0.25, 0.3) is 11.8 Å². The molecule has 3 aromatic carbocycles. The van der Waals surface area contributed by atoms with Crippen LogP contribution in [0.3, 0.4) is 0 Å². The van der Waals surface area contributed by atoms with Crippen LogP contribution in [-0.4, -0.2) is 24.3 Å². The molecule has 0 unspecified atom stereocenters. The van der Waals surface area contributed by atoms with Crippen molar-refractivity contribution in [3.8, 4) is 5.75 Å². The Labute approximate surface area is 191 Å². The Morgan fingerprint density at radius 2 is 1.61 bits per heavy atom. The predicted molar refractivity (Wildman–Crippen MR) is 128 cm³/mol. The summed E-state index contributed by atoms with van der Waals surface area (Å²) >= 11 is 0. The molecule has 7 nitrogen and oxygen atoms in total. The van der Waals surface area contributed by atoms with Crippen LogP contribution in [0.1, 0.15) is 19.4 Å². The fraction of sp³-hybridized carbons (Fsp3) is 0.115. The maximum absolute atomic E-state index is 13.5. The molecule has 166 valence electrons. The zero-order chi connectivity index (χ0) is 23.4. The average Bonchev–Trinajstić information content (AvgIpc) is 3.04. The van der Waals surface area contributed by atoms with Crippen LogP contribution >= 0.6 is 0 Å². The number of para-hydroxylation sites is 1. The van der Waals surface area contributed by atoms with Gasteiger partial charge in [0.15, 0.2) is 0 Å². The van der Waals surface area contributed by atoms with Crippen molar-refractivity contribution in [2.75, 3.05) is 22.1 Å². The highest BCUT2D eigenvalue weighted by Gasteiger charge is 2.40. The number of anilines is 3. The molecule has 1 aliphatic rings. The number of carbonyl (C=O) groups excluding carboxylic acids is 3. The van der Waals surface area contributed by atoms with Crippen LogP contribution < -0.4 is 20.3 Å². The first-order valence-electron chi connectivity index (χ1n) is 10.5. The molecule has 7 heteroatoms.